The monoisotopic (exact) mass is 345 g/mol. The lowest BCUT2D eigenvalue weighted by molar-refractivity contribution is 0.0696. The van der Waals surface area contributed by atoms with Crippen LogP contribution < -0.4 is 5.32 Å². The minimum absolute atomic E-state index is 0.0190. The van der Waals surface area contributed by atoms with Gasteiger partial charge in [0.2, 0.25) is 0 Å². The molecule has 0 aliphatic rings. The van der Waals surface area contributed by atoms with Crippen LogP contribution in [0.15, 0.2) is 42.5 Å². The second-order valence-electron chi connectivity index (χ2n) is 5.56. The minimum atomic E-state index is -0.964. The van der Waals surface area contributed by atoms with E-state index in [9.17, 15) is 14.0 Å². The van der Waals surface area contributed by atoms with Gasteiger partial charge in [-0.1, -0.05) is 24.3 Å². The summed E-state index contributed by atoms with van der Waals surface area (Å²) in [6.07, 6.45) is 0.571. The molecular formula is C19H20FNO4. The Morgan fingerprint density at radius 3 is 2.68 bits per heavy atom. The first-order valence-electron chi connectivity index (χ1n) is 7.92. The molecule has 0 fully saturated rings. The van der Waals surface area contributed by atoms with Gasteiger partial charge in [-0.25, -0.2) is 9.18 Å². The summed E-state index contributed by atoms with van der Waals surface area (Å²) in [5, 5.41) is 11.5. The third-order valence-corrected chi connectivity index (χ3v) is 3.68. The quantitative estimate of drug-likeness (QED) is 0.722. The van der Waals surface area contributed by atoms with E-state index < -0.39 is 17.7 Å². The van der Waals surface area contributed by atoms with Crippen molar-refractivity contribution >= 4 is 11.9 Å². The van der Waals surface area contributed by atoms with E-state index in [0.29, 0.717) is 18.6 Å². The smallest absolute Gasteiger partial charge is 0.335 e. The number of carboxylic acids is 1. The van der Waals surface area contributed by atoms with Gasteiger partial charge >= 0.3 is 5.97 Å². The minimum Gasteiger partial charge on any atom is -0.478 e. The molecule has 1 amide bonds. The Balaban J connectivity index is 1.70. The molecule has 0 aromatic heterocycles. The molecule has 2 rings (SSSR count). The summed E-state index contributed by atoms with van der Waals surface area (Å²) >= 11 is 0. The van der Waals surface area contributed by atoms with Crippen LogP contribution in [-0.2, 0) is 11.2 Å². The van der Waals surface area contributed by atoms with Gasteiger partial charge in [0.1, 0.15) is 5.82 Å². The number of benzene rings is 2. The summed E-state index contributed by atoms with van der Waals surface area (Å²) in [6, 6.07) is 11.3. The molecule has 5 nitrogen and oxygen atoms in total. The van der Waals surface area contributed by atoms with Crippen molar-refractivity contribution in [3.8, 4) is 0 Å². The first-order valence-corrected chi connectivity index (χ1v) is 7.92. The van der Waals surface area contributed by atoms with Crippen molar-refractivity contribution in [2.75, 3.05) is 19.8 Å². The number of carbonyl (C=O) groups excluding carboxylic acids is 1. The van der Waals surface area contributed by atoms with Crippen LogP contribution in [-0.4, -0.2) is 36.7 Å². The molecule has 0 aliphatic heterocycles. The van der Waals surface area contributed by atoms with Gasteiger partial charge in [-0.3, -0.25) is 4.79 Å². The molecule has 0 radical (unpaired) electrons. The number of rotatable bonds is 8. The van der Waals surface area contributed by atoms with Crippen molar-refractivity contribution < 1.29 is 23.8 Å². The molecule has 6 heteroatoms. The Kier molecular flexibility index (Phi) is 6.65. The number of carbonyl (C=O) groups is 2. The number of ether oxygens (including phenoxy) is 1. The molecular weight excluding hydrogens is 325 g/mol. The molecule has 0 aliphatic carbocycles. The zero-order valence-electron chi connectivity index (χ0n) is 13.9. The standard InChI is InChI=1S/C19H20FNO4/c1-13-4-2-7-16(17(13)20)18(22)21-9-11-25-10-8-14-5-3-6-15(12-14)19(23)24/h2-7,12H,8-11H2,1H3,(H,21,22)(H,23,24). The molecule has 0 saturated heterocycles. The maximum atomic E-state index is 13.8. The van der Waals surface area contributed by atoms with E-state index in [1.54, 1.807) is 31.2 Å². The number of aryl methyl sites for hydroxylation is 1. The zero-order valence-corrected chi connectivity index (χ0v) is 13.9. The van der Waals surface area contributed by atoms with E-state index in [1.165, 1.54) is 12.1 Å². The number of aromatic carboxylic acids is 1. The Labute approximate surface area is 145 Å². The van der Waals surface area contributed by atoms with Crippen LogP contribution >= 0.6 is 0 Å². The largest absolute Gasteiger partial charge is 0.478 e. The highest BCUT2D eigenvalue weighted by molar-refractivity contribution is 5.94. The van der Waals surface area contributed by atoms with Gasteiger partial charge in [-0.15, -0.1) is 0 Å². The van der Waals surface area contributed by atoms with E-state index in [2.05, 4.69) is 5.32 Å². The average Bonchev–Trinajstić information content (AvgIpc) is 2.60. The highest BCUT2D eigenvalue weighted by Crippen LogP contribution is 2.11. The van der Waals surface area contributed by atoms with Gasteiger partial charge in [0.05, 0.1) is 24.3 Å². The van der Waals surface area contributed by atoms with Crippen molar-refractivity contribution in [3.05, 3.63) is 70.5 Å². The molecule has 25 heavy (non-hydrogen) atoms. The summed E-state index contributed by atoms with van der Waals surface area (Å²) in [4.78, 5) is 22.8. The molecule has 0 bridgehead atoms. The lowest BCUT2D eigenvalue weighted by Crippen LogP contribution is -2.28. The maximum Gasteiger partial charge on any atom is 0.335 e. The van der Waals surface area contributed by atoms with E-state index in [-0.39, 0.29) is 24.3 Å². The summed E-state index contributed by atoms with van der Waals surface area (Å²) < 4.78 is 19.2. The van der Waals surface area contributed by atoms with Gasteiger partial charge in [0.25, 0.3) is 5.91 Å². The number of carboxylic acid groups (broad SMARTS) is 1. The van der Waals surface area contributed by atoms with Crippen molar-refractivity contribution in [1.29, 1.82) is 0 Å². The third-order valence-electron chi connectivity index (χ3n) is 3.68. The molecule has 2 aromatic carbocycles. The number of hydrogen-bond donors (Lipinski definition) is 2. The van der Waals surface area contributed by atoms with Crippen LogP contribution in [0.5, 0.6) is 0 Å². The van der Waals surface area contributed by atoms with E-state index in [0.717, 1.165) is 5.56 Å². The number of amides is 1. The number of hydrogen-bond acceptors (Lipinski definition) is 3. The van der Waals surface area contributed by atoms with Crippen LogP contribution in [0.4, 0.5) is 4.39 Å². The highest BCUT2D eigenvalue weighted by atomic mass is 19.1. The van der Waals surface area contributed by atoms with Crippen LogP contribution in [0.25, 0.3) is 0 Å². The SMILES string of the molecule is Cc1cccc(C(=O)NCCOCCc2cccc(C(=O)O)c2)c1F. The third kappa shape index (κ3) is 5.39. The van der Waals surface area contributed by atoms with E-state index >= 15 is 0 Å². The second kappa shape index (κ2) is 8.94. The fraction of sp³-hybridized carbons (Fsp3) is 0.263. The lowest BCUT2D eigenvalue weighted by Gasteiger charge is -2.08. The summed E-state index contributed by atoms with van der Waals surface area (Å²) in [5.74, 6) is -1.95. The van der Waals surface area contributed by atoms with Crippen molar-refractivity contribution in [3.63, 3.8) is 0 Å². The first kappa shape index (κ1) is 18.6. The van der Waals surface area contributed by atoms with Gasteiger partial charge < -0.3 is 15.2 Å². The fourth-order valence-corrected chi connectivity index (χ4v) is 2.31. The normalized spacial score (nSPS) is 10.5. The Morgan fingerprint density at radius 2 is 1.92 bits per heavy atom. The molecule has 2 N–H and O–H groups in total. The van der Waals surface area contributed by atoms with Crippen molar-refractivity contribution in [1.82, 2.24) is 5.32 Å². The molecule has 2 aromatic rings. The molecule has 0 unspecified atom stereocenters. The Morgan fingerprint density at radius 1 is 1.16 bits per heavy atom. The molecule has 0 saturated carbocycles. The number of nitrogens with one attached hydrogen (secondary N) is 1. The van der Waals surface area contributed by atoms with Crippen LogP contribution in [0.1, 0.15) is 31.8 Å². The van der Waals surface area contributed by atoms with Gasteiger partial charge in [-0.05, 0) is 42.7 Å². The Hall–Kier alpha value is -2.73. The van der Waals surface area contributed by atoms with E-state index in [1.807, 2.05) is 6.07 Å². The van der Waals surface area contributed by atoms with Gasteiger partial charge in [0, 0.05) is 6.54 Å². The van der Waals surface area contributed by atoms with E-state index in [4.69, 9.17) is 9.84 Å². The average molecular weight is 345 g/mol. The van der Waals surface area contributed by atoms with Gasteiger partial charge in [-0.2, -0.15) is 0 Å². The lowest BCUT2D eigenvalue weighted by atomic mass is 10.1. The highest BCUT2D eigenvalue weighted by Gasteiger charge is 2.12. The second-order valence-corrected chi connectivity index (χ2v) is 5.56. The predicted molar refractivity (Wildman–Crippen MR) is 91.4 cm³/mol. The van der Waals surface area contributed by atoms with Crippen LogP contribution in [0.2, 0.25) is 0 Å². The predicted octanol–water partition coefficient (Wildman–Crippen LogP) is 2.82. The first-order chi connectivity index (χ1) is 12.0. The number of halogens is 1. The topological polar surface area (TPSA) is 75.6 Å². The molecule has 132 valence electrons. The fourth-order valence-electron chi connectivity index (χ4n) is 2.31. The summed E-state index contributed by atoms with van der Waals surface area (Å²) in [5.41, 5.74) is 1.55. The molecule has 0 spiro atoms. The van der Waals surface area contributed by atoms with Crippen LogP contribution in [0.3, 0.4) is 0 Å². The van der Waals surface area contributed by atoms with Crippen molar-refractivity contribution in [2.45, 2.75) is 13.3 Å². The zero-order chi connectivity index (χ0) is 18.2. The van der Waals surface area contributed by atoms with Crippen LogP contribution in [0, 0.1) is 12.7 Å². The Bertz CT molecular complexity index is 761. The molecule has 0 atom stereocenters. The summed E-state index contributed by atoms with van der Waals surface area (Å²) in [7, 11) is 0. The van der Waals surface area contributed by atoms with Gasteiger partial charge in [0.15, 0.2) is 0 Å². The summed E-state index contributed by atoms with van der Waals surface area (Å²) in [6.45, 7) is 2.56. The van der Waals surface area contributed by atoms with Crippen molar-refractivity contribution in [2.24, 2.45) is 0 Å². The maximum absolute atomic E-state index is 13.8. The molecule has 0 heterocycles.